The van der Waals surface area contributed by atoms with E-state index in [1.165, 1.54) is 11.3 Å². The maximum absolute atomic E-state index is 12.3. The van der Waals surface area contributed by atoms with Crippen LogP contribution in [0.5, 0.6) is 0 Å². The zero-order valence-corrected chi connectivity index (χ0v) is 15.3. The van der Waals surface area contributed by atoms with Crippen LogP contribution >= 0.6 is 11.3 Å². The number of amides is 1. The Kier molecular flexibility index (Phi) is 4.45. The first-order chi connectivity index (χ1) is 11.0. The van der Waals surface area contributed by atoms with Crippen molar-refractivity contribution in [2.45, 2.75) is 37.6 Å². The van der Waals surface area contributed by atoms with E-state index >= 15 is 0 Å². The fraction of sp³-hybridized carbons (Fsp3) is 0.643. The van der Waals surface area contributed by atoms with Crippen LogP contribution in [0.4, 0.5) is 9.93 Å². The summed E-state index contributed by atoms with van der Waals surface area (Å²) in [6.45, 7) is 5.92. The number of anilines is 1. The van der Waals surface area contributed by atoms with E-state index in [4.69, 9.17) is 10.5 Å². The number of thiazole rings is 1. The molecule has 1 aromatic heterocycles. The Balaban J connectivity index is 1.73. The number of nitrogens with zero attached hydrogens (tertiary/aromatic N) is 4. The first-order valence-electron chi connectivity index (χ1n) is 7.84. The second-order valence-corrected chi connectivity index (χ2v) is 10.9. The number of hydrogen-bond donors (Lipinski definition) is 1. The summed E-state index contributed by atoms with van der Waals surface area (Å²) in [4.78, 5) is 21.2. The monoisotopic (exact) mass is 351 g/mol. The van der Waals surface area contributed by atoms with Crippen molar-refractivity contribution < 1.29 is 9.53 Å². The lowest BCUT2D eigenvalue weighted by molar-refractivity contribution is 0.0400. The third-order valence-electron chi connectivity index (χ3n) is 4.32. The van der Waals surface area contributed by atoms with Gasteiger partial charge >= 0.3 is 6.09 Å². The van der Waals surface area contributed by atoms with Gasteiger partial charge in [-0.15, -0.1) is 0 Å². The molecule has 1 aromatic rings. The van der Waals surface area contributed by atoms with E-state index in [0.29, 0.717) is 31.2 Å². The smallest absolute Gasteiger partial charge is 0.409 e. The van der Waals surface area contributed by atoms with E-state index in [2.05, 4.69) is 24.3 Å². The molecule has 0 radical (unpaired) electrons. The number of rotatable bonds is 3. The van der Waals surface area contributed by atoms with Gasteiger partial charge in [0.05, 0.1) is 35.8 Å². The third kappa shape index (κ3) is 3.14. The molecule has 0 spiro atoms. The highest BCUT2D eigenvalue weighted by Gasteiger charge is 2.43. The molecule has 3 heterocycles. The molecule has 1 amide bonds. The van der Waals surface area contributed by atoms with Crippen molar-refractivity contribution in [2.75, 3.05) is 25.4 Å². The summed E-state index contributed by atoms with van der Waals surface area (Å²) in [6, 6.07) is 0.802. The number of nitrogen functional groups attached to an aromatic ring is 1. The Hall–Kier alpha value is -1.79. The van der Waals surface area contributed by atoms with Gasteiger partial charge in [-0.05, 0) is 6.04 Å². The standard InChI is InChI=1S/C14H21N5O2SSi/c1-23(2)4-3-21-14(20)18-6-9-5-10-12(22-13(16)17-10)11(7-18)19(9)8-15/h9,11,23H,3-7H2,1-2H3,(H2,16,17). The van der Waals surface area contributed by atoms with Gasteiger partial charge in [-0.2, -0.15) is 5.26 Å². The predicted molar refractivity (Wildman–Crippen MR) is 90.8 cm³/mol. The number of nitriles is 1. The molecular weight excluding hydrogens is 330 g/mol. The van der Waals surface area contributed by atoms with Crippen LogP contribution < -0.4 is 5.73 Å². The lowest BCUT2D eigenvalue weighted by Crippen LogP contribution is -2.57. The summed E-state index contributed by atoms with van der Waals surface area (Å²) < 4.78 is 5.40. The molecule has 1 fully saturated rings. The van der Waals surface area contributed by atoms with Gasteiger partial charge in [0.15, 0.2) is 11.3 Å². The van der Waals surface area contributed by atoms with Crippen molar-refractivity contribution in [2.24, 2.45) is 0 Å². The zero-order chi connectivity index (χ0) is 16.6. The topological polar surface area (TPSA) is 95.5 Å². The van der Waals surface area contributed by atoms with Crippen LogP contribution in [0.3, 0.4) is 0 Å². The summed E-state index contributed by atoms with van der Waals surface area (Å²) in [6.07, 6.45) is 2.65. The van der Waals surface area contributed by atoms with Crippen molar-refractivity contribution in [3.05, 3.63) is 10.6 Å². The van der Waals surface area contributed by atoms with Gasteiger partial charge in [0, 0.05) is 21.8 Å². The Bertz CT molecular complexity index is 644. The van der Waals surface area contributed by atoms with E-state index in [1.807, 2.05) is 0 Å². The molecule has 2 N–H and O–H groups in total. The third-order valence-corrected chi connectivity index (χ3v) is 6.74. The average molecular weight is 352 g/mol. The van der Waals surface area contributed by atoms with E-state index in [0.717, 1.165) is 16.6 Å². The Morgan fingerprint density at radius 1 is 1.57 bits per heavy atom. The van der Waals surface area contributed by atoms with Gasteiger partial charge in [0.2, 0.25) is 0 Å². The molecule has 124 valence electrons. The van der Waals surface area contributed by atoms with Crippen molar-refractivity contribution in [1.82, 2.24) is 14.8 Å². The fourth-order valence-corrected chi connectivity index (χ4v) is 4.67. The van der Waals surface area contributed by atoms with Crippen molar-refractivity contribution in [3.8, 4) is 6.19 Å². The van der Waals surface area contributed by atoms with Gasteiger partial charge in [-0.3, -0.25) is 4.90 Å². The van der Waals surface area contributed by atoms with Gasteiger partial charge in [-0.25, -0.2) is 9.78 Å². The normalized spacial score (nSPS) is 22.7. The second kappa shape index (κ2) is 6.37. The molecule has 9 heteroatoms. The SMILES string of the molecule is C[SiH](C)CCOC(=O)N1CC2Cc3nc(N)sc3C(C1)N2C#N. The van der Waals surface area contributed by atoms with Crippen molar-refractivity contribution in [1.29, 1.82) is 5.26 Å². The number of fused-ring (bicyclic) bond motifs is 4. The molecule has 2 aliphatic rings. The molecular formula is C14H21N5O2SSi. The van der Waals surface area contributed by atoms with Crippen LogP contribution in [-0.2, 0) is 11.2 Å². The van der Waals surface area contributed by atoms with Gasteiger partial charge in [0.1, 0.15) is 0 Å². The second-order valence-electron chi connectivity index (χ2n) is 6.45. The highest BCUT2D eigenvalue weighted by molar-refractivity contribution is 7.15. The summed E-state index contributed by atoms with van der Waals surface area (Å²) in [7, 11) is -0.716. The highest BCUT2D eigenvalue weighted by atomic mass is 32.1. The van der Waals surface area contributed by atoms with E-state index in [-0.39, 0.29) is 18.2 Å². The largest absolute Gasteiger partial charge is 0.450 e. The van der Waals surface area contributed by atoms with Crippen LogP contribution in [0.2, 0.25) is 19.1 Å². The zero-order valence-electron chi connectivity index (χ0n) is 13.4. The molecule has 2 bridgehead atoms. The van der Waals surface area contributed by atoms with Crippen LogP contribution in [-0.4, -0.2) is 55.4 Å². The van der Waals surface area contributed by atoms with E-state index in [9.17, 15) is 10.1 Å². The number of carbonyl (C=O) groups excluding carboxylic acids is 1. The maximum Gasteiger partial charge on any atom is 0.409 e. The van der Waals surface area contributed by atoms with Crippen LogP contribution in [0.15, 0.2) is 0 Å². The molecule has 2 unspecified atom stereocenters. The van der Waals surface area contributed by atoms with E-state index in [1.54, 1.807) is 9.80 Å². The van der Waals surface area contributed by atoms with Crippen molar-refractivity contribution in [3.63, 3.8) is 0 Å². The summed E-state index contributed by atoms with van der Waals surface area (Å²) >= 11 is 1.41. The molecule has 2 atom stereocenters. The summed E-state index contributed by atoms with van der Waals surface area (Å²) in [5.41, 5.74) is 6.80. The van der Waals surface area contributed by atoms with Gasteiger partial charge < -0.3 is 15.4 Å². The van der Waals surface area contributed by atoms with Gasteiger partial charge in [0.25, 0.3) is 0 Å². The summed E-state index contributed by atoms with van der Waals surface area (Å²) in [5, 5.41) is 9.98. The number of ether oxygens (including phenoxy) is 1. The maximum atomic E-state index is 12.3. The number of carbonyl (C=O) groups is 1. The Morgan fingerprint density at radius 3 is 3.04 bits per heavy atom. The molecule has 3 rings (SSSR count). The Labute approximate surface area is 141 Å². The van der Waals surface area contributed by atoms with Crippen LogP contribution in [0, 0.1) is 11.5 Å². The lowest BCUT2D eigenvalue weighted by atomic mass is 9.94. The minimum Gasteiger partial charge on any atom is -0.450 e. The molecule has 0 saturated carbocycles. The molecule has 2 aliphatic heterocycles. The minimum atomic E-state index is -0.716. The molecule has 0 aliphatic carbocycles. The average Bonchev–Trinajstić information content (AvgIpc) is 2.85. The van der Waals surface area contributed by atoms with Gasteiger partial charge in [-0.1, -0.05) is 24.4 Å². The number of hydrogen-bond acceptors (Lipinski definition) is 7. The number of nitrogens with two attached hydrogens (primary N) is 1. The molecule has 7 nitrogen and oxygen atoms in total. The van der Waals surface area contributed by atoms with E-state index < -0.39 is 8.80 Å². The summed E-state index contributed by atoms with van der Waals surface area (Å²) in [5.74, 6) is 0. The Morgan fingerprint density at radius 2 is 2.35 bits per heavy atom. The first-order valence-corrected chi connectivity index (χ1v) is 11.8. The highest BCUT2D eigenvalue weighted by Crippen LogP contribution is 2.40. The minimum absolute atomic E-state index is 0.0419. The van der Waals surface area contributed by atoms with Crippen LogP contribution in [0.1, 0.15) is 16.6 Å². The molecule has 1 saturated heterocycles. The number of aromatic nitrogens is 1. The molecule has 23 heavy (non-hydrogen) atoms. The van der Waals surface area contributed by atoms with Crippen LogP contribution in [0.25, 0.3) is 0 Å². The van der Waals surface area contributed by atoms with Crippen molar-refractivity contribution >= 4 is 31.4 Å². The fourth-order valence-electron chi connectivity index (χ4n) is 3.13. The lowest BCUT2D eigenvalue weighted by Gasteiger charge is -2.46. The molecule has 0 aromatic carbocycles. The predicted octanol–water partition coefficient (Wildman–Crippen LogP) is 1.41. The quantitative estimate of drug-likeness (QED) is 0.653. The first kappa shape index (κ1) is 16.1. The number of piperazine rings is 1.